The zero-order valence-electron chi connectivity index (χ0n) is 11.0. The number of hydrogen-bond acceptors (Lipinski definition) is 2. The lowest BCUT2D eigenvalue weighted by atomic mass is 10.0. The summed E-state index contributed by atoms with van der Waals surface area (Å²) in [6.45, 7) is 8.42. The third-order valence-corrected chi connectivity index (χ3v) is 4.62. The van der Waals surface area contributed by atoms with Crippen molar-refractivity contribution in [2.45, 2.75) is 27.3 Å². The van der Waals surface area contributed by atoms with E-state index < -0.39 is 0 Å². The normalized spacial score (nSPS) is 10.9. The highest BCUT2D eigenvalue weighted by Gasteiger charge is 2.10. The zero-order valence-corrected chi connectivity index (χ0v) is 13.4. The van der Waals surface area contributed by atoms with E-state index in [1.54, 1.807) is 0 Å². The first-order valence-electron chi connectivity index (χ1n) is 6.18. The molecule has 18 heavy (non-hydrogen) atoms. The van der Waals surface area contributed by atoms with E-state index in [0.29, 0.717) is 0 Å². The van der Waals surface area contributed by atoms with Gasteiger partial charge in [0.05, 0.1) is 0 Å². The standard InChI is InChI=1S/C15H18BrNS/c1-4-17-9-12-5-6-14(18-12)15-11(3)7-10(2)8-13(15)16/h5-8,17H,4,9H2,1-3H3. The summed E-state index contributed by atoms with van der Waals surface area (Å²) in [5, 5.41) is 3.37. The smallest absolute Gasteiger partial charge is 0.0360 e. The number of hydrogen-bond donors (Lipinski definition) is 1. The highest BCUT2D eigenvalue weighted by atomic mass is 79.9. The molecule has 2 aromatic rings. The largest absolute Gasteiger partial charge is 0.312 e. The molecule has 1 aromatic carbocycles. The summed E-state index contributed by atoms with van der Waals surface area (Å²) in [6.07, 6.45) is 0. The molecular formula is C15H18BrNS. The zero-order chi connectivity index (χ0) is 13.1. The number of thiophene rings is 1. The van der Waals surface area contributed by atoms with Crippen LogP contribution in [0.3, 0.4) is 0 Å². The van der Waals surface area contributed by atoms with Crippen molar-refractivity contribution in [2.24, 2.45) is 0 Å². The lowest BCUT2D eigenvalue weighted by Crippen LogP contribution is -2.10. The van der Waals surface area contributed by atoms with Crippen LogP contribution in [0.5, 0.6) is 0 Å². The molecule has 1 N–H and O–H groups in total. The van der Waals surface area contributed by atoms with Gasteiger partial charge in [0.25, 0.3) is 0 Å². The molecule has 96 valence electrons. The second-order valence-corrected chi connectivity index (χ2v) is 6.51. The van der Waals surface area contributed by atoms with Crippen LogP contribution in [0.2, 0.25) is 0 Å². The first-order chi connectivity index (χ1) is 8.61. The number of nitrogens with one attached hydrogen (secondary N) is 1. The molecule has 0 saturated carbocycles. The summed E-state index contributed by atoms with van der Waals surface area (Å²) in [5.41, 5.74) is 3.96. The van der Waals surface area contributed by atoms with Crippen LogP contribution in [-0.4, -0.2) is 6.54 Å². The molecule has 0 aliphatic heterocycles. The van der Waals surface area contributed by atoms with Gasteiger partial charge in [-0.2, -0.15) is 0 Å². The predicted molar refractivity (Wildman–Crippen MR) is 84.3 cm³/mol. The fraction of sp³-hybridized carbons (Fsp3) is 0.333. The maximum Gasteiger partial charge on any atom is 0.0360 e. The van der Waals surface area contributed by atoms with Crippen LogP contribution in [0.25, 0.3) is 10.4 Å². The second kappa shape index (κ2) is 6.00. The molecule has 0 spiro atoms. The van der Waals surface area contributed by atoms with Crippen LogP contribution in [0, 0.1) is 13.8 Å². The molecule has 0 aliphatic rings. The molecule has 2 rings (SSSR count). The third kappa shape index (κ3) is 3.02. The number of benzene rings is 1. The molecular weight excluding hydrogens is 306 g/mol. The maximum atomic E-state index is 3.69. The highest BCUT2D eigenvalue weighted by Crippen LogP contribution is 2.36. The number of aryl methyl sites for hydroxylation is 2. The Morgan fingerprint density at radius 1 is 1.22 bits per heavy atom. The van der Waals surface area contributed by atoms with E-state index in [2.05, 4.69) is 66.3 Å². The molecule has 1 heterocycles. The van der Waals surface area contributed by atoms with Crippen molar-refractivity contribution in [1.82, 2.24) is 5.32 Å². The van der Waals surface area contributed by atoms with Crippen molar-refractivity contribution in [1.29, 1.82) is 0 Å². The summed E-state index contributed by atoms with van der Waals surface area (Å²) in [4.78, 5) is 2.73. The molecule has 0 saturated heterocycles. The van der Waals surface area contributed by atoms with E-state index in [9.17, 15) is 0 Å². The minimum absolute atomic E-state index is 0.962. The van der Waals surface area contributed by atoms with Crippen LogP contribution in [0.4, 0.5) is 0 Å². The molecule has 0 fully saturated rings. The van der Waals surface area contributed by atoms with Gasteiger partial charge < -0.3 is 5.32 Å². The van der Waals surface area contributed by atoms with E-state index >= 15 is 0 Å². The molecule has 1 nitrogen and oxygen atoms in total. The number of rotatable bonds is 4. The Balaban J connectivity index is 2.34. The van der Waals surface area contributed by atoms with E-state index in [4.69, 9.17) is 0 Å². The van der Waals surface area contributed by atoms with Gasteiger partial charge in [0, 0.05) is 26.3 Å². The third-order valence-electron chi connectivity index (χ3n) is 2.89. The first-order valence-corrected chi connectivity index (χ1v) is 7.79. The van der Waals surface area contributed by atoms with Crippen molar-refractivity contribution in [2.75, 3.05) is 6.54 Å². The topological polar surface area (TPSA) is 12.0 Å². The fourth-order valence-corrected chi connectivity index (χ4v) is 4.20. The van der Waals surface area contributed by atoms with Gasteiger partial charge in [0.1, 0.15) is 0 Å². The van der Waals surface area contributed by atoms with Gasteiger partial charge in [-0.3, -0.25) is 0 Å². The number of halogens is 1. The van der Waals surface area contributed by atoms with Crippen molar-refractivity contribution < 1.29 is 0 Å². The van der Waals surface area contributed by atoms with Crippen LogP contribution in [0.1, 0.15) is 22.9 Å². The van der Waals surface area contributed by atoms with Gasteiger partial charge in [0.15, 0.2) is 0 Å². The van der Waals surface area contributed by atoms with Crippen LogP contribution >= 0.6 is 27.3 Å². The van der Waals surface area contributed by atoms with Gasteiger partial charge in [0.2, 0.25) is 0 Å². The molecule has 0 aliphatic carbocycles. The van der Waals surface area contributed by atoms with Gasteiger partial charge in [-0.25, -0.2) is 0 Å². The summed E-state index contributed by atoms with van der Waals surface area (Å²) < 4.78 is 1.19. The maximum absolute atomic E-state index is 3.69. The Labute approximate surface area is 121 Å². The van der Waals surface area contributed by atoms with Crippen molar-refractivity contribution in [3.05, 3.63) is 44.7 Å². The molecule has 0 atom stereocenters. The molecule has 0 amide bonds. The quantitative estimate of drug-likeness (QED) is 0.843. The van der Waals surface area contributed by atoms with Gasteiger partial charge in [-0.05, 0) is 49.7 Å². The predicted octanol–water partition coefficient (Wildman–Crippen LogP) is 4.90. The van der Waals surface area contributed by atoms with Crippen molar-refractivity contribution in [3.63, 3.8) is 0 Å². The summed E-state index contributed by atoms with van der Waals surface area (Å²) >= 11 is 5.56. The fourth-order valence-electron chi connectivity index (χ4n) is 2.08. The monoisotopic (exact) mass is 323 g/mol. The molecule has 1 aromatic heterocycles. The summed E-state index contributed by atoms with van der Waals surface area (Å²) in [5.74, 6) is 0. The van der Waals surface area contributed by atoms with Gasteiger partial charge in [-0.1, -0.05) is 28.9 Å². The Kier molecular flexibility index (Phi) is 4.60. The van der Waals surface area contributed by atoms with E-state index in [1.165, 1.54) is 30.9 Å². The van der Waals surface area contributed by atoms with Crippen molar-refractivity contribution >= 4 is 27.3 Å². The lowest BCUT2D eigenvalue weighted by Gasteiger charge is -2.08. The van der Waals surface area contributed by atoms with Gasteiger partial charge in [-0.15, -0.1) is 11.3 Å². The minimum Gasteiger partial charge on any atom is -0.312 e. The Morgan fingerprint density at radius 2 is 2.00 bits per heavy atom. The van der Waals surface area contributed by atoms with E-state index in [-0.39, 0.29) is 0 Å². The Morgan fingerprint density at radius 3 is 2.67 bits per heavy atom. The molecule has 0 radical (unpaired) electrons. The lowest BCUT2D eigenvalue weighted by molar-refractivity contribution is 0.735. The van der Waals surface area contributed by atoms with Crippen LogP contribution in [0.15, 0.2) is 28.7 Å². The Hall–Kier alpha value is -0.640. The molecule has 0 bridgehead atoms. The second-order valence-electron chi connectivity index (χ2n) is 4.48. The molecule has 3 heteroatoms. The van der Waals surface area contributed by atoms with E-state index in [0.717, 1.165) is 13.1 Å². The van der Waals surface area contributed by atoms with Crippen LogP contribution < -0.4 is 5.32 Å². The Bertz CT molecular complexity index is 522. The SMILES string of the molecule is CCNCc1ccc(-c2c(C)cc(C)cc2Br)s1. The van der Waals surface area contributed by atoms with Crippen molar-refractivity contribution in [3.8, 4) is 10.4 Å². The molecule has 0 unspecified atom stereocenters. The summed E-state index contributed by atoms with van der Waals surface area (Å²) in [6, 6.07) is 8.87. The minimum atomic E-state index is 0.962. The average molecular weight is 324 g/mol. The highest BCUT2D eigenvalue weighted by molar-refractivity contribution is 9.10. The summed E-state index contributed by atoms with van der Waals surface area (Å²) in [7, 11) is 0. The first kappa shape index (κ1) is 13.8. The average Bonchev–Trinajstić information content (AvgIpc) is 2.73. The van der Waals surface area contributed by atoms with Gasteiger partial charge >= 0.3 is 0 Å². The van der Waals surface area contributed by atoms with E-state index in [1.807, 2.05) is 11.3 Å². The van der Waals surface area contributed by atoms with Crippen LogP contribution in [-0.2, 0) is 6.54 Å².